The third kappa shape index (κ3) is 5.57. The van der Waals surface area contributed by atoms with Gasteiger partial charge in [-0.1, -0.05) is 6.07 Å². The highest BCUT2D eigenvalue weighted by Crippen LogP contribution is 2.23. The Hall–Kier alpha value is -2.36. The molecule has 3 aromatic rings. The fourth-order valence-corrected chi connectivity index (χ4v) is 4.25. The molecule has 0 unspecified atom stereocenters. The molecule has 0 saturated carbocycles. The van der Waals surface area contributed by atoms with Crippen molar-refractivity contribution in [3.05, 3.63) is 59.6 Å². The minimum atomic E-state index is -3.22. The fourth-order valence-electron chi connectivity index (χ4n) is 2.43. The summed E-state index contributed by atoms with van der Waals surface area (Å²) in [5.74, 6) is -0.132. The summed E-state index contributed by atoms with van der Waals surface area (Å²) < 4.78 is 23.0. The molecule has 0 atom stereocenters. The van der Waals surface area contributed by atoms with E-state index < -0.39 is 9.84 Å². The second-order valence-electron chi connectivity index (χ2n) is 6.02. The maximum atomic E-state index is 12.2. The van der Waals surface area contributed by atoms with Gasteiger partial charge in [-0.15, -0.1) is 23.1 Å². The molecule has 0 spiro atoms. The summed E-state index contributed by atoms with van der Waals surface area (Å²) in [6.07, 6.45) is 3.33. The van der Waals surface area contributed by atoms with Crippen molar-refractivity contribution in [2.24, 2.45) is 0 Å². The van der Waals surface area contributed by atoms with E-state index in [1.165, 1.54) is 17.6 Å². The maximum absolute atomic E-state index is 12.2. The Morgan fingerprint density at radius 3 is 2.57 bits per heavy atom. The average molecular weight is 434 g/mol. The van der Waals surface area contributed by atoms with Gasteiger partial charge >= 0.3 is 0 Å². The van der Waals surface area contributed by atoms with Crippen LogP contribution >= 0.6 is 23.1 Å². The predicted octanol–water partition coefficient (Wildman–Crippen LogP) is 4.19. The zero-order valence-electron chi connectivity index (χ0n) is 15.3. The van der Waals surface area contributed by atoms with Crippen LogP contribution in [0.4, 0.5) is 16.5 Å². The molecule has 3 rings (SSSR count). The number of rotatable bonds is 7. The number of aromatic nitrogens is 1. The third-order valence-corrected chi connectivity index (χ3v) is 6.44. The Morgan fingerprint density at radius 1 is 1.14 bits per heavy atom. The highest BCUT2D eigenvalue weighted by Gasteiger charge is 2.10. The SMILES string of the molecule is CSc1cccc(NC(=O)Cc2csc(Nc3ccc(S(C)(=O)=O)cc3)n2)c1. The van der Waals surface area contributed by atoms with E-state index in [-0.39, 0.29) is 17.2 Å². The Kier molecular flexibility index (Phi) is 6.38. The molecule has 0 aliphatic carbocycles. The molecule has 0 aliphatic rings. The summed E-state index contributed by atoms with van der Waals surface area (Å²) in [6.45, 7) is 0. The average Bonchev–Trinajstić information content (AvgIpc) is 3.08. The van der Waals surface area contributed by atoms with Crippen LogP contribution in [0, 0.1) is 0 Å². The monoisotopic (exact) mass is 433 g/mol. The first-order valence-electron chi connectivity index (χ1n) is 8.29. The number of thiazole rings is 1. The molecule has 0 radical (unpaired) electrons. The van der Waals surface area contributed by atoms with Crippen LogP contribution in [-0.4, -0.2) is 31.8 Å². The van der Waals surface area contributed by atoms with Gasteiger partial charge in [0.05, 0.1) is 17.0 Å². The fraction of sp³-hybridized carbons (Fsp3) is 0.158. The summed E-state index contributed by atoms with van der Waals surface area (Å²) in [7, 11) is -3.22. The molecule has 0 saturated heterocycles. The van der Waals surface area contributed by atoms with Crippen LogP contribution < -0.4 is 10.6 Å². The molecule has 9 heteroatoms. The molecular formula is C19H19N3O3S3. The van der Waals surface area contributed by atoms with Gasteiger partial charge < -0.3 is 10.6 Å². The number of benzene rings is 2. The van der Waals surface area contributed by atoms with Gasteiger partial charge in [-0.05, 0) is 48.7 Å². The standard InChI is InChI=1S/C19H19N3O3S3/c1-26-16-5-3-4-14(10-16)20-18(23)11-15-12-27-19(22-15)21-13-6-8-17(9-7-13)28(2,24)25/h3-10,12H,11H2,1-2H3,(H,20,23)(H,21,22). The minimum absolute atomic E-state index is 0.132. The highest BCUT2D eigenvalue weighted by atomic mass is 32.2. The van der Waals surface area contributed by atoms with Crippen LogP contribution in [0.3, 0.4) is 0 Å². The first-order chi connectivity index (χ1) is 13.3. The summed E-state index contributed by atoms with van der Waals surface area (Å²) >= 11 is 3.00. The minimum Gasteiger partial charge on any atom is -0.332 e. The highest BCUT2D eigenvalue weighted by molar-refractivity contribution is 7.98. The van der Waals surface area contributed by atoms with E-state index in [0.717, 1.165) is 16.3 Å². The van der Waals surface area contributed by atoms with Crippen LogP contribution in [-0.2, 0) is 21.1 Å². The van der Waals surface area contributed by atoms with Crippen molar-refractivity contribution >= 4 is 55.3 Å². The molecule has 2 aromatic carbocycles. The zero-order chi connectivity index (χ0) is 20.1. The van der Waals surface area contributed by atoms with Gasteiger partial charge in [0.2, 0.25) is 5.91 Å². The van der Waals surface area contributed by atoms with Crippen molar-refractivity contribution in [1.29, 1.82) is 0 Å². The topological polar surface area (TPSA) is 88.2 Å². The zero-order valence-corrected chi connectivity index (χ0v) is 17.7. The molecule has 1 heterocycles. The van der Waals surface area contributed by atoms with Crippen molar-refractivity contribution in [3.8, 4) is 0 Å². The van der Waals surface area contributed by atoms with E-state index in [1.807, 2.05) is 35.9 Å². The second kappa shape index (κ2) is 8.76. The van der Waals surface area contributed by atoms with E-state index >= 15 is 0 Å². The van der Waals surface area contributed by atoms with Crippen LogP contribution in [0.1, 0.15) is 5.69 Å². The van der Waals surface area contributed by atoms with Crippen molar-refractivity contribution in [3.63, 3.8) is 0 Å². The third-order valence-electron chi connectivity index (χ3n) is 3.78. The number of thioether (sulfide) groups is 1. The number of carbonyl (C=O) groups is 1. The summed E-state index contributed by atoms with van der Waals surface area (Å²) in [5.41, 5.74) is 2.15. The number of amides is 1. The Labute approximate surface area is 172 Å². The van der Waals surface area contributed by atoms with E-state index in [2.05, 4.69) is 15.6 Å². The van der Waals surface area contributed by atoms with Crippen LogP contribution in [0.15, 0.2) is 63.7 Å². The number of nitrogens with one attached hydrogen (secondary N) is 2. The summed E-state index contributed by atoms with van der Waals surface area (Å²) in [5, 5.41) is 8.46. The quantitative estimate of drug-likeness (QED) is 0.543. The number of nitrogens with zero attached hydrogens (tertiary/aromatic N) is 1. The molecule has 2 N–H and O–H groups in total. The van der Waals surface area contributed by atoms with Gasteiger partial charge in [0.25, 0.3) is 0 Å². The normalized spacial score (nSPS) is 11.2. The lowest BCUT2D eigenvalue weighted by atomic mass is 10.3. The molecule has 1 amide bonds. The maximum Gasteiger partial charge on any atom is 0.230 e. The van der Waals surface area contributed by atoms with Crippen molar-refractivity contribution in [2.75, 3.05) is 23.1 Å². The molecule has 1 aromatic heterocycles. The van der Waals surface area contributed by atoms with Crippen molar-refractivity contribution in [2.45, 2.75) is 16.2 Å². The van der Waals surface area contributed by atoms with Gasteiger partial charge in [-0.25, -0.2) is 13.4 Å². The van der Waals surface area contributed by atoms with Crippen molar-refractivity contribution in [1.82, 2.24) is 4.98 Å². The molecule has 6 nitrogen and oxygen atoms in total. The lowest BCUT2D eigenvalue weighted by molar-refractivity contribution is -0.115. The lowest BCUT2D eigenvalue weighted by Crippen LogP contribution is -2.14. The van der Waals surface area contributed by atoms with Gasteiger partial charge in [0.1, 0.15) is 0 Å². The Balaban J connectivity index is 1.60. The largest absolute Gasteiger partial charge is 0.332 e. The van der Waals surface area contributed by atoms with Gasteiger partial charge in [0, 0.05) is 27.9 Å². The summed E-state index contributed by atoms with van der Waals surface area (Å²) in [4.78, 5) is 18.0. The van der Waals surface area contributed by atoms with E-state index in [1.54, 1.807) is 36.0 Å². The van der Waals surface area contributed by atoms with Crippen LogP contribution in [0.2, 0.25) is 0 Å². The first-order valence-corrected chi connectivity index (χ1v) is 12.3. The second-order valence-corrected chi connectivity index (χ2v) is 9.78. The molecule has 0 aliphatic heterocycles. The predicted molar refractivity (Wildman–Crippen MR) is 116 cm³/mol. The molecule has 28 heavy (non-hydrogen) atoms. The smallest absolute Gasteiger partial charge is 0.230 e. The van der Waals surface area contributed by atoms with Gasteiger partial charge in [0.15, 0.2) is 15.0 Å². The number of anilines is 3. The van der Waals surface area contributed by atoms with E-state index in [4.69, 9.17) is 0 Å². The van der Waals surface area contributed by atoms with Crippen LogP contribution in [0.5, 0.6) is 0 Å². The molecule has 146 valence electrons. The van der Waals surface area contributed by atoms with Crippen molar-refractivity contribution < 1.29 is 13.2 Å². The van der Waals surface area contributed by atoms with Gasteiger partial charge in [-0.3, -0.25) is 4.79 Å². The Morgan fingerprint density at radius 2 is 1.89 bits per heavy atom. The van der Waals surface area contributed by atoms with E-state index in [9.17, 15) is 13.2 Å². The number of carbonyl (C=O) groups excluding carboxylic acids is 1. The van der Waals surface area contributed by atoms with E-state index in [0.29, 0.717) is 10.8 Å². The molecule has 0 fully saturated rings. The van der Waals surface area contributed by atoms with Crippen LogP contribution in [0.25, 0.3) is 0 Å². The summed E-state index contributed by atoms with van der Waals surface area (Å²) in [6, 6.07) is 14.1. The number of hydrogen-bond acceptors (Lipinski definition) is 7. The Bertz CT molecular complexity index is 1080. The van der Waals surface area contributed by atoms with Gasteiger partial charge in [-0.2, -0.15) is 0 Å². The molecule has 0 bridgehead atoms. The number of sulfone groups is 1. The number of hydrogen-bond donors (Lipinski definition) is 2. The first kappa shape index (κ1) is 20.4. The lowest BCUT2D eigenvalue weighted by Gasteiger charge is -2.05. The molecular weight excluding hydrogens is 414 g/mol.